The minimum Gasteiger partial charge on any atom is -0.473 e. The van der Waals surface area contributed by atoms with Gasteiger partial charge in [0.2, 0.25) is 5.90 Å². The molecule has 0 spiro atoms. The van der Waals surface area contributed by atoms with E-state index < -0.39 is 18.0 Å². The van der Waals surface area contributed by atoms with Crippen LogP contribution in [0.1, 0.15) is 0 Å². The van der Waals surface area contributed by atoms with Crippen LogP contribution in [0.2, 0.25) is 0 Å². The van der Waals surface area contributed by atoms with Gasteiger partial charge in [0, 0.05) is 24.0 Å². The van der Waals surface area contributed by atoms with Gasteiger partial charge in [-0.25, -0.2) is 14.2 Å². The number of benzene rings is 1. The number of amides is 1. The molecule has 2 aliphatic rings. The topological polar surface area (TPSA) is 81.3 Å². The van der Waals surface area contributed by atoms with Crippen LogP contribution in [0.4, 0.5) is 14.9 Å². The Morgan fingerprint density at radius 3 is 3.00 bits per heavy atom. The molecule has 146 valence electrons. The average Bonchev–Trinajstić information content (AvgIpc) is 3.45. The van der Waals surface area contributed by atoms with E-state index in [1.165, 1.54) is 17.2 Å². The molecule has 0 saturated carbocycles. The molecule has 29 heavy (non-hydrogen) atoms. The van der Waals surface area contributed by atoms with E-state index in [1.807, 2.05) is 18.3 Å². The number of carbonyl (C=O) groups is 1. The number of nitrogens with zero attached hydrogens (tertiary/aromatic N) is 5. The van der Waals surface area contributed by atoms with Gasteiger partial charge in [-0.05, 0) is 30.3 Å². The Labute approximate surface area is 164 Å². The maximum Gasteiger partial charge on any atom is 0.414 e. The van der Waals surface area contributed by atoms with Crippen molar-refractivity contribution in [1.29, 1.82) is 0 Å². The lowest BCUT2D eigenvalue weighted by Gasteiger charge is -2.14. The second kappa shape index (κ2) is 7.01. The molecule has 1 fully saturated rings. The summed E-state index contributed by atoms with van der Waals surface area (Å²) in [5.41, 5.74) is 1.57. The Bertz CT molecular complexity index is 1120. The molecular formula is C20H16FN5O3. The Morgan fingerprint density at radius 1 is 1.28 bits per heavy atom. The Kier molecular flexibility index (Phi) is 4.19. The molecule has 2 aromatic heterocycles. The molecule has 1 atom stereocenters. The number of hydrogen-bond donors (Lipinski definition) is 0. The first-order valence-corrected chi connectivity index (χ1v) is 9.05. The molecule has 2 aliphatic heterocycles. The molecule has 1 amide bonds. The van der Waals surface area contributed by atoms with Crippen molar-refractivity contribution in [3.05, 3.63) is 54.7 Å². The van der Waals surface area contributed by atoms with Gasteiger partial charge in [0.15, 0.2) is 6.10 Å². The number of rotatable bonds is 4. The summed E-state index contributed by atoms with van der Waals surface area (Å²) in [5, 5.41) is 0.916. The van der Waals surface area contributed by atoms with E-state index in [2.05, 4.69) is 15.0 Å². The first kappa shape index (κ1) is 17.4. The summed E-state index contributed by atoms with van der Waals surface area (Å²) in [6.45, 7) is 0.778. The fourth-order valence-corrected chi connectivity index (χ4v) is 3.33. The van der Waals surface area contributed by atoms with E-state index in [-0.39, 0.29) is 13.2 Å². The van der Waals surface area contributed by atoms with E-state index in [4.69, 9.17) is 9.47 Å². The summed E-state index contributed by atoms with van der Waals surface area (Å²) in [6.07, 6.45) is 5.79. The van der Waals surface area contributed by atoms with Gasteiger partial charge in [-0.15, -0.1) is 0 Å². The van der Waals surface area contributed by atoms with Crippen LogP contribution in [0.15, 0.2) is 58.9 Å². The molecule has 5 rings (SSSR count). The average molecular weight is 393 g/mol. The van der Waals surface area contributed by atoms with Crippen molar-refractivity contribution in [2.24, 2.45) is 9.98 Å². The minimum atomic E-state index is -0.538. The number of aliphatic imine (C=N–C) groups is 2. The second-order valence-corrected chi connectivity index (χ2v) is 6.66. The predicted octanol–water partition coefficient (Wildman–Crippen LogP) is 2.95. The van der Waals surface area contributed by atoms with Crippen molar-refractivity contribution in [3.63, 3.8) is 0 Å². The van der Waals surface area contributed by atoms with Crippen LogP contribution in [-0.4, -0.2) is 53.7 Å². The lowest BCUT2D eigenvalue weighted by molar-refractivity contribution is 0.102. The van der Waals surface area contributed by atoms with Crippen molar-refractivity contribution >= 4 is 34.8 Å². The van der Waals surface area contributed by atoms with Crippen molar-refractivity contribution in [1.82, 2.24) is 9.55 Å². The summed E-state index contributed by atoms with van der Waals surface area (Å²) in [7, 11) is 0. The zero-order valence-electron chi connectivity index (χ0n) is 15.2. The van der Waals surface area contributed by atoms with E-state index >= 15 is 0 Å². The minimum absolute atomic E-state index is 0.163. The van der Waals surface area contributed by atoms with Crippen molar-refractivity contribution < 1.29 is 18.7 Å². The zero-order valence-corrected chi connectivity index (χ0v) is 15.2. The largest absolute Gasteiger partial charge is 0.473 e. The smallest absolute Gasteiger partial charge is 0.414 e. The third-order valence-electron chi connectivity index (χ3n) is 4.73. The van der Waals surface area contributed by atoms with Gasteiger partial charge in [0.05, 0.1) is 29.7 Å². The normalized spacial score (nSPS) is 18.4. The van der Waals surface area contributed by atoms with Gasteiger partial charge in [0.25, 0.3) is 0 Å². The molecule has 9 heteroatoms. The molecular weight excluding hydrogens is 377 g/mol. The van der Waals surface area contributed by atoms with Crippen molar-refractivity contribution in [3.8, 4) is 5.69 Å². The first-order valence-electron chi connectivity index (χ1n) is 9.05. The van der Waals surface area contributed by atoms with Crippen LogP contribution < -0.4 is 4.90 Å². The Morgan fingerprint density at radius 2 is 2.21 bits per heavy atom. The fourth-order valence-electron chi connectivity index (χ4n) is 3.33. The lowest BCUT2D eigenvalue weighted by Crippen LogP contribution is -2.26. The number of ether oxygens (including phenoxy) is 2. The molecule has 4 heterocycles. The SMILES string of the molecule is O=C1OC(COC2=NCN=C2)CN1c1ccc(-n2cc3cccnc3c2)c(F)c1. The monoisotopic (exact) mass is 393 g/mol. The van der Waals surface area contributed by atoms with Crippen molar-refractivity contribution in [2.45, 2.75) is 6.10 Å². The summed E-state index contributed by atoms with van der Waals surface area (Å²) in [5.74, 6) is -0.0321. The molecule has 0 radical (unpaired) electrons. The molecule has 1 saturated heterocycles. The van der Waals surface area contributed by atoms with Gasteiger partial charge in [-0.3, -0.25) is 14.9 Å². The third-order valence-corrected chi connectivity index (χ3v) is 4.73. The highest BCUT2D eigenvalue weighted by Gasteiger charge is 2.33. The quantitative estimate of drug-likeness (QED) is 0.683. The Balaban J connectivity index is 1.33. The number of cyclic esters (lactones) is 1. The fraction of sp³-hybridized carbons (Fsp3) is 0.200. The van der Waals surface area contributed by atoms with Gasteiger partial charge < -0.3 is 14.0 Å². The van der Waals surface area contributed by atoms with Crippen LogP contribution >= 0.6 is 0 Å². The van der Waals surface area contributed by atoms with Gasteiger partial charge >= 0.3 is 6.09 Å². The summed E-state index contributed by atoms with van der Waals surface area (Å²) in [4.78, 5) is 25.8. The van der Waals surface area contributed by atoms with Gasteiger partial charge in [0.1, 0.15) is 19.1 Å². The third kappa shape index (κ3) is 3.31. The van der Waals surface area contributed by atoms with Crippen LogP contribution in [-0.2, 0) is 9.47 Å². The molecule has 1 aromatic carbocycles. The highest BCUT2D eigenvalue weighted by atomic mass is 19.1. The summed E-state index contributed by atoms with van der Waals surface area (Å²) >= 11 is 0. The van der Waals surface area contributed by atoms with E-state index in [9.17, 15) is 9.18 Å². The Hall–Kier alpha value is -3.75. The maximum absolute atomic E-state index is 14.8. The van der Waals surface area contributed by atoms with Crippen molar-refractivity contribution in [2.75, 3.05) is 24.7 Å². The predicted molar refractivity (Wildman–Crippen MR) is 105 cm³/mol. The number of anilines is 1. The molecule has 3 aromatic rings. The van der Waals surface area contributed by atoms with Gasteiger partial charge in [-0.2, -0.15) is 0 Å². The maximum atomic E-state index is 14.8. The molecule has 8 nitrogen and oxygen atoms in total. The van der Waals surface area contributed by atoms with Gasteiger partial charge in [-0.1, -0.05) is 0 Å². The first-order chi connectivity index (χ1) is 14.2. The lowest BCUT2D eigenvalue weighted by atomic mass is 10.2. The molecule has 0 bridgehead atoms. The van der Waals surface area contributed by atoms with E-state index in [0.717, 1.165) is 10.9 Å². The number of fused-ring (bicyclic) bond motifs is 1. The van der Waals surface area contributed by atoms with Crippen LogP contribution in [0.25, 0.3) is 16.6 Å². The number of halogens is 1. The number of carbonyl (C=O) groups excluding carboxylic acids is 1. The molecule has 1 unspecified atom stereocenters. The van der Waals surface area contributed by atoms with Crippen LogP contribution in [0, 0.1) is 5.82 Å². The number of aromatic nitrogens is 2. The standard InChI is InChI=1S/C20H16FN5O3/c21-16-6-14(3-4-18(16)25-8-13-2-1-5-23-17(13)10-25)26-9-15(29-20(26)27)11-28-19-7-22-12-24-19/h1-8,10,15H,9,11-12H2. The van der Waals surface area contributed by atoms with E-state index in [1.54, 1.807) is 29.1 Å². The van der Waals surface area contributed by atoms with Crippen LogP contribution in [0.3, 0.4) is 0 Å². The number of pyridine rings is 1. The van der Waals surface area contributed by atoms with Crippen LogP contribution in [0.5, 0.6) is 0 Å². The highest BCUT2D eigenvalue weighted by molar-refractivity contribution is 6.27. The molecule has 0 N–H and O–H groups in total. The molecule has 0 aliphatic carbocycles. The summed E-state index contributed by atoms with van der Waals surface area (Å²) in [6, 6.07) is 8.39. The second-order valence-electron chi connectivity index (χ2n) is 6.66. The van der Waals surface area contributed by atoms with E-state index in [0.29, 0.717) is 23.9 Å². The zero-order chi connectivity index (χ0) is 19.8. The highest BCUT2D eigenvalue weighted by Crippen LogP contribution is 2.27. The number of hydrogen-bond acceptors (Lipinski definition) is 6. The summed E-state index contributed by atoms with van der Waals surface area (Å²) < 4.78 is 27.3.